The maximum absolute atomic E-state index is 6.35. The van der Waals surface area contributed by atoms with Crippen molar-refractivity contribution in [2.75, 3.05) is 0 Å². The van der Waals surface area contributed by atoms with Crippen LogP contribution in [0.15, 0.2) is 54.1 Å². The molecule has 0 aromatic heterocycles. The lowest BCUT2D eigenvalue weighted by atomic mass is 9.47. The van der Waals surface area contributed by atoms with Crippen LogP contribution in [0.25, 0.3) is 11.1 Å². The normalized spacial score (nSPS) is 35.3. The molecule has 0 nitrogen and oxygen atoms in total. The lowest BCUT2D eigenvalue weighted by molar-refractivity contribution is 0.114. The van der Waals surface area contributed by atoms with Gasteiger partial charge in [-0.25, -0.2) is 0 Å². The number of halogens is 1. The van der Waals surface area contributed by atoms with Gasteiger partial charge in [0.2, 0.25) is 0 Å². The molecule has 0 radical (unpaired) electrons. The highest BCUT2D eigenvalue weighted by atomic mass is 35.5. The molecule has 2 saturated carbocycles. The van der Waals surface area contributed by atoms with Crippen molar-refractivity contribution in [1.29, 1.82) is 0 Å². The van der Waals surface area contributed by atoms with Gasteiger partial charge in [-0.1, -0.05) is 53.6 Å². The van der Waals surface area contributed by atoms with E-state index in [2.05, 4.69) is 48.5 Å². The van der Waals surface area contributed by atoms with Gasteiger partial charge >= 0.3 is 0 Å². The lowest BCUT2D eigenvalue weighted by Crippen LogP contribution is -2.49. The molecule has 1 heteroatoms. The third-order valence-corrected chi connectivity index (χ3v) is 7.19. The Morgan fingerprint density at radius 1 is 0.913 bits per heavy atom. The van der Waals surface area contributed by atoms with E-state index in [9.17, 15) is 0 Å². The molecule has 0 N–H and O–H groups in total. The largest absolute Gasteiger partial charge is 0.0843 e. The van der Waals surface area contributed by atoms with E-state index in [0.29, 0.717) is 0 Å². The van der Waals surface area contributed by atoms with Crippen LogP contribution >= 0.6 is 11.6 Å². The van der Waals surface area contributed by atoms with Gasteiger partial charge < -0.3 is 0 Å². The van der Waals surface area contributed by atoms with E-state index in [-0.39, 0.29) is 5.41 Å². The molecule has 0 heterocycles. The fraction of sp³-hybridized carbons (Fsp3) is 0.364. The van der Waals surface area contributed by atoms with E-state index >= 15 is 0 Å². The minimum atomic E-state index is 0.157. The van der Waals surface area contributed by atoms with Crippen molar-refractivity contribution in [2.24, 2.45) is 17.8 Å². The van der Waals surface area contributed by atoms with Gasteiger partial charge in [-0.15, -0.1) is 0 Å². The lowest BCUT2D eigenvalue weighted by Gasteiger charge is -2.56. The van der Waals surface area contributed by atoms with Gasteiger partial charge in [-0.2, -0.15) is 0 Å². The third kappa shape index (κ3) is 1.41. The molecule has 0 saturated heterocycles. The summed E-state index contributed by atoms with van der Waals surface area (Å²) < 4.78 is 0. The average Bonchev–Trinajstić information content (AvgIpc) is 2.83. The molecule has 1 spiro atoms. The van der Waals surface area contributed by atoms with Gasteiger partial charge in [0.1, 0.15) is 0 Å². The van der Waals surface area contributed by atoms with Crippen LogP contribution in [0, 0.1) is 17.8 Å². The summed E-state index contributed by atoms with van der Waals surface area (Å²) in [4.78, 5) is 0. The third-order valence-electron chi connectivity index (χ3n) is 6.95. The molecular formula is C22H19Cl. The summed E-state index contributed by atoms with van der Waals surface area (Å²) in [6.07, 6.45) is 8.17. The molecule has 4 unspecified atom stereocenters. The molecule has 7 rings (SSSR count). The second-order valence-corrected chi connectivity index (χ2v) is 8.41. The Morgan fingerprint density at radius 3 is 2.65 bits per heavy atom. The van der Waals surface area contributed by atoms with E-state index in [1.807, 2.05) is 0 Å². The Morgan fingerprint density at radius 2 is 1.78 bits per heavy atom. The zero-order valence-electron chi connectivity index (χ0n) is 13.1. The van der Waals surface area contributed by atoms with Crippen LogP contribution in [0.5, 0.6) is 0 Å². The zero-order chi connectivity index (χ0) is 15.2. The minimum absolute atomic E-state index is 0.157. The predicted octanol–water partition coefficient (Wildman–Crippen LogP) is 5.98. The highest BCUT2D eigenvalue weighted by molar-refractivity contribution is 6.31. The van der Waals surface area contributed by atoms with Crippen LogP contribution < -0.4 is 0 Å². The van der Waals surface area contributed by atoms with Gasteiger partial charge in [0.25, 0.3) is 0 Å². The maximum Gasteiger partial charge on any atom is 0.0452 e. The Bertz CT molecular complexity index is 877. The molecule has 114 valence electrons. The van der Waals surface area contributed by atoms with Gasteiger partial charge in [0, 0.05) is 10.4 Å². The number of hydrogen-bond acceptors (Lipinski definition) is 0. The first-order chi connectivity index (χ1) is 11.3. The monoisotopic (exact) mass is 318 g/mol. The summed E-state index contributed by atoms with van der Waals surface area (Å²) in [5.41, 5.74) is 7.74. The molecule has 0 aliphatic heterocycles. The van der Waals surface area contributed by atoms with Crippen molar-refractivity contribution in [3.8, 4) is 11.1 Å². The standard InChI is InChI=1S/C22H19Cl/c23-17-5-6-21-19(12-17)18-3-1-2-4-20(18)22(21)15-8-13-7-14(10-15)11-16(22)9-13/h1-6,8,12-14,16H,7,9-11H2. The van der Waals surface area contributed by atoms with E-state index < -0.39 is 0 Å². The zero-order valence-corrected chi connectivity index (χ0v) is 13.8. The fourth-order valence-corrected chi connectivity index (χ4v) is 6.61. The van der Waals surface area contributed by atoms with Crippen molar-refractivity contribution < 1.29 is 0 Å². The molecule has 2 aromatic carbocycles. The Labute approximate surface area is 142 Å². The number of fused-ring (bicyclic) bond motifs is 3. The fourth-order valence-electron chi connectivity index (χ4n) is 6.44. The molecule has 5 aliphatic rings. The van der Waals surface area contributed by atoms with Crippen LogP contribution in [0.1, 0.15) is 36.8 Å². The molecule has 5 aliphatic carbocycles. The molecule has 0 amide bonds. The number of allylic oxidation sites excluding steroid dienone is 2. The summed E-state index contributed by atoms with van der Waals surface area (Å²) in [5, 5.41) is 0.855. The second-order valence-electron chi connectivity index (χ2n) is 7.97. The molecule has 2 fully saturated rings. The Kier molecular flexibility index (Phi) is 2.29. The van der Waals surface area contributed by atoms with E-state index in [1.165, 1.54) is 42.4 Å². The first kappa shape index (κ1) is 12.8. The highest BCUT2D eigenvalue weighted by Crippen LogP contribution is 2.67. The van der Waals surface area contributed by atoms with E-state index in [1.54, 1.807) is 11.1 Å². The minimum Gasteiger partial charge on any atom is -0.0843 e. The van der Waals surface area contributed by atoms with Crippen molar-refractivity contribution in [3.63, 3.8) is 0 Å². The summed E-state index contributed by atoms with van der Waals surface area (Å²) in [6.45, 7) is 0. The van der Waals surface area contributed by atoms with Gasteiger partial charge in [0.15, 0.2) is 0 Å². The van der Waals surface area contributed by atoms with Crippen LogP contribution in [0.2, 0.25) is 5.02 Å². The highest BCUT2D eigenvalue weighted by Gasteiger charge is 2.58. The predicted molar refractivity (Wildman–Crippen MR) is 94.7 cm³/mol. The van der Waals surface area contributed by atoms with Crippen molar-refractivity contribution in [3.05, 3.63) is 70.3 Å². The van der Waals surface area contributed by atoms with E-state index in [0.717, 1.165) is 22.8 Å². The number of benzene rings is 2. The number of hydrogen-bond donors (Lipinski definition) is 0. The van der Waals surface area contributed by atoms with Gasteiger partial charge in [-0.3, -0.25) is 0 Å². The van der Waals surface area contributed by atoms with Crippen LogP contribution in [0.3, 0.4) is 0 Å². The Balaban J connectivity index is 1.74. The van der Waals surface area contributed by atoms with Crippen molar-refractivity contribution in [1.82, 2.24) is 0 Å². The average molecular weight is 319 g/mol. The van der Waals surface area contributed by atoms with Crippen LogP contribution in [0.4, 0.5) is 0 Å². The summed E-state index contributed by atoms with van der Waals surface area (Å²) in [7, 11) is 0. The molecule has 4 atom stereocenters. The SMILES string of the molecule is Clc1ccc2c(c1)-c1ccccc1C21C2=CC3CC(C2)CC1C3. The molecule has 4 bridgehead atoms. The Hall–Kier alpha value is -1.53. The second kappa shape index (κ2) is 4.11. The first-order valence-corrected chi connectivity index (χ1v) is 9.25. The molecule has 23 heavy (non-hydrogen) atoms. The summed E-state index contributed by atoms with van der Waals surface area (Å²) in [6, 6.07) is 15.7. The quantitative estimate of drug-likeness (QED) is 0.524. The molecule has 2 aromatic rings. The topological polar surface area (TPSA) is 0 Å². The maximum atomic E-state index is 6.35. The van der Waals surface area contributed by atoms with Gasteiger partial charge in [-0.05, 0) is 77.8 Å². The van der Waals surface area contributed by atoms with E-state index in [4.69, 9.17) is 11.6 Å². The summed E-state index contributed by atoms with van der Waals surface area (Å²) >= 11 is 6.35. The summed E-state index contributed by atoms with van der Waals surface area (Å²) in [5.74, 6) is 2.56. The van der Waals surface area contributed by atoms with Crippen molar-refractivity contribution in [2.45, 2.75) is 31.1 Å². The smallest absolute Gasteiger partial charge is 0.0452 e. The van der Waals surface area contributed by atoms with Crippen LogP contribution in [-0.4, -0.2) is 0 Å². The molecular weight excluding hydrogens is 300 g/mol. The first-order valence-electron chi connectivity index (χ1n) is 8.88. The van der Waals surface area contributed by atoms with Gasteiger partial charge in [0.05, 0.1) is 0 Å². The number of rotatable bonds is 0. The van der Waals surface area contributed by atoms with Crippen LogP contribution in [-0.2, 0) is 5.41 Å². The van der Waals surface area contributed by atoms with Crippen molar-refractivity contribution >= 4 is 11.6 Å².